The van der Waals surface area contributed by atoms with E-state index in [0.29, 0.717) is 6.04 Å². The van der Waals surface area contributed by atoms with Crippen molar-refractivity contribution in [3.63, 3.8) is 0 Å². The third-order valence-electron chi connectivity index (χ3n) is 4.14. The fourth-order valence-electron chi connectivity index (χ4n) is 2.53. The normalized spacial score (nSPS) is 16.0. The lowest BCUT2D eigenvalue weighted by Crippen LogP contribution is -2.26. The topological polar surface area (TPSA) is 24.5 Å². The summed E-state index contributed by atoms with van der Waals surface area (Å²) in [6.07, 6.45) is 3.88. The van der Waals surface area contributed by atoms with Crippen LogP contribution in [0.1, 0.15) is 44.7 Å². The van der Waals surface area contributed by atoms with E-state index in [4.69, 9.17) is 4.74 Å². The number of nitrogens with zero attached hydrogens (tertiary/aromatic N) is 1. The van der Waals surface area contributed by atoms with E-state index in [0.717, 1.165) is 38.6 Å². The summed E-state index contributed by atoms with van der Waals surface area (Å²) in [5, 5.41) is 3.58. The van der Waals surface area contributed by atoms with Crippen LogP contribution in [-0.2, 0) is 4.74 Å². The monoisotopic (exact) mass is 290 g/mol. The molecule has 0 heterocycles. The average Bonchev–Trinajstić information content (AvgIpc) is 3.33. The molecule has 1 fully saturated rings. The molecule has 0 radical (unpaired) electrons. The van der Waals surface area contributed by atoms with E-state index in [2.05, 4.69) is 55.4 Å². The Balaban J connectivity index is 1.87. The predicted molar refractivity (Wildman–Crippen MR) is 90.0 cm³/mol. The van der Waals surface area contributed by atoms with Crippen molar-refractivity contribution in [2.24, 2.45) is 5.92 Å². The minimum Gasteiger partial charge on any atom is -0.379 e. The smallest absolute Gasteiger partial charge is 0.0641 e. The van der Waals surface area contributed by atoms with Gasteiger partial charge in [-0.25, -0.2) is 0 Å². The van der Waals surface area contributed by atoms with Crippen molar-refractivity contribution in [3.8, 4) is 0 Å². The Kier molecular flexibility index (Phi) is 6.52. The van der Waals surface area contributed by atoms with E-state index in [-0.39, 0.29) is 0 Å². The first-order valence-corrected chi connectivity index (χ1v) is 8.33. The lowest BCUT2D eigenvalue weighted by molar-refractivity contribution is 0.131. The molecule has 1 aromatic rings. The van der Waals surface area contributed by atoms with Crippen molar-refractivity contribution < 1.29 is 4.74 Å². The van der Waals surface area contributed by atoms with E-state index in [1.807, 2.05) is 0 Å². The number of ether oxygens (including phenoxy) is 1. The molecule has 118 valence electrons. The largest absolute Gasteiger partial charge is 0.379 e. The molecule has 0 spiro atoms. The Morgan fingerprint density at radius 3 is 2.81 bits per heavy atom. The summed E-state index contributed by atoms with van der Waals surface area (Å²) in [7, 11) is 2.16. The Morgan fingerprint density at radius 1 is 1.33 bits per heavy atom. The molecule has 1 aliphatic rings. The lowest BCUT2D eigenvalue weighted by atomic mass is 10.1. The van der Waals surface area contributed by atoms with Gasteiger partial charge in [0.25, 0.3) is 0 Å². The van der Waals surface area contributed by atoms with Gasteiger partial charge >= 0.3 is 0 Å². The number of hydrogen-bond acceptors (Lipinski definition) is 3. The molecule has 2 rings (SSSR count). The van der Waals surface area contributed by atoms with Crippen LogP contribution in [0.4, 0.5) is 5.69 Å². The Hall–Kier alpha value is -1.06. The second-order valence-electron chi connectivity index (χ2n) is 6.17. The number of nitrogens with one attached hydrogen (secondary N) is 1. The van der Waals surface area contributed by atoms with E-state index in [9.17, 15) is 0 Å². The molecule has 0 aliphatic heterocycles. The van der Waals surface area contributed by atoms with Crippen LogP contribution in [0.15, 0.2) is 24.3 Å². The van der Waals surface area contributed by atoms with Gasteiger partial charge in [0.1, 0.15) is 0 Å². The third-order valence-corrected chi connectivity index (χ3v) is 4.14. The van der Waals surface area contributed by atoms with Crippen LogP contribution >= 0.6 is 0 Å². The van der Waals surface area contributed by atoms with Crippen molar-refractivity contribution in [2.75, 3.05) is 38.3 Å². The van der Waals surface area contributed by atoms with Crippen molar-refractivity contribution >= 4 is 5.69 Å². The van der Waals surface area contributed by atoms with Gasteiger partial charge in [-0.3, -0.25) is 0 Å². The molecule has 1 N–H and O–H groups in total. The standard InChI is InChI=1S/C18H30N2O/c1-4-11-19-15(2)17-7-5-6-8-18(17)20(3)12-13-21-14-16-9-10-16/h5-8,15-16,19H,4,9-14H2,1-3H3. The zero-order chi connectivity index (χ0) is 15.1. The minimum absolute atomic E-state index is 0.385. The van der Waals surface area contributed by atoms with Gasteiger partial charge in [-0.05, 0) is 50.3 Å². The molecule has 0 amide bonds. The van der Waals surface area contributed by atoms with Crippen LogP contribution in [0.5, 0.6) is 0 Å². The second kappa shape index (κ2) is 8.40. The Bertz CT molecular complexity index is 417. The van der Waals surface area contributed by atoms with Crippen LogP contribution < -0.4 is 10.2 Å². The SMILES string of the molecule is CCCNC(C)c1ccccc1N(C)CCOCC1CC1. The van der Waals surface area contributed by atoms with Gasteiger partial charge in [-0.2, -0.15) is 0 Å². The summed E-state index contributed by atoms with van der Waals surface area (Å²) in [6.45, 7) is 8.22. The predicted octanol–water partition coefficient (Wildman–Crippen LogP) is 3.61. The summed E-state index contributed by atoms with van der Waals surface area (Å²) in [6, 6.07) is 9.06. The molecule has 0 aromatic heterocycles. The van der Waals surface area contributed by atoms with Crippen LogP contribution in [0.25, 0.3) is 0 Å². The molecule has 1 aromatic carbocycles. The van der Waals surface area contributed by atoms with E-state index in [1.165, 1.54) is 24.1 Å². The van der Waals surface area contributed by atoms with Crippen LogP contribution in [-0.4, -0.2) is 33.4 Å². The Morgan fingerprint density at radius 2 is 2.10 bits per heavy atom. The van der Waals surface area contributed by atoms with Gasteiger partial charge in [0.05, 0.1) is 6.61 Å². The van der Waals surface area contributed by atoms with E-state index < -0.39 is 0 Å². The summed E-state index contributed by atoms with van der Waals surface area (Å²) in [5.74, 6) is 0.848. The van der Waals surface area contributed by atoms with Crippen molar-refractivity contribution in [3.05, 3.63) is 29.8 Å². The molecule has 21 heavy (non-hydrogen) atoms. The molecule has 0 saturated heterocycles. The molecular weight excluding hydrogens is 260 g/mol. The molecule has 1 aliphatic carbocycles. The summed E-state index contributed by atoms with van der Waals surface area (Å²) >= 11 is 0. The molecule has 3 nitrogen and oxygen atoms in total. The average molecular weight is 290 g/mol. The highest BCUT2D eigenvalue weighted by Crippen LogP contribution is 2.29. The second-order valence-corrected chi connectivity index (χ2v) is 6.17. The van der Waals surface area contributed by atoms with Crippen molar-refractivity contribution in [1.29, 1.82) is 0 Å². The van der Waals surface area contributed by atoms with Gasteiger partial charge in [-0.15, -0.1) is 0 Å². The molecule has 0 bridgehead atoms. The highest BCUT2D eigenvalue weighted by atomic mass is 16.5. The van der Waals surface area contributed by atoms with E-state index >= 15 is 0 Å². The maximum absolute atomic E-state index is 5.76. The number of rotatable bonds is 10. The molecule has 3 heteroatoms. The highest BCUT2D eigenvalue weighted by Gasteiger charge is 2.21. The Labute approximate surface area is 129 Å². The van der Waals surface area contributed by atoms with Crippen molar-refractivity contribution in [2.45, 2.75) is 39.2 Å². The quantitative estimate of drug-likeness (QED) is 0.666. The van der Waals surface area contributed by atoms with E-state index in [1.54, 1.807) is 0 Å². The van der Waals surface area contributed by atoms with Crippen LogP contribution in [0.3, 0.4) is 0 Å². The number of para-hydroxylation sites is 1. The first-order valence-electron chi connectivity index (χ1n) is 8.33. The summed E-state index contributed by atoms with van der Waals surface area (Å²) in [5.41, 5.74) is 2.68. The van der Waals surface area contributed by atoms with Gasteiger partial charge in [0, 0.05) is 31.9 Å². The first-order chi connectivity index (χ1) is 10.2. The first kappa shape index (κ1) is 16.3. The highest BCUT2D eigenvalue weighted by molar-refractivity contribution is 5.54. The molecule has 1 saturated carbocycles. The molecule has 1 atom stereocenters. The van der Waals surface area contributed by atoms with Gasteiger partial charge in [-0.1, -0.05) is 25.1 Å². The number of hydrogen-bond donors (Lipinski definition) is 1. The zero-order valence-electron chi connectivity index (χ0n) is 13.8. The molecular formula is C18H30N2O. The number of benzene rings is 1. The zero-order valence-corrected chi connectivity index (χ0v) is 13.8. The fraction of sp³-hybridized carbons (Fsp3) is 0.667. The van der Waals surface area contributed by atoms with Gasteiger partial charge in [0.15, 0.2) is 0 Å². The fourth-order valence-corrected chi connectivity index (χ4v) is 2.53. The molecule has 1 unspecified atom stereocenters. The van der Waals surface area contributed by atoms with Crippen LogP contribution in [0.2, 0.25) is 0 Å². The van der Waals surface area contributed by atoms with Crippen molar-refractivity contribution in [1.82, 2.24) is 5.32 Å². The van der Waals surface area contributed by atoms with Gasteiger partial charge < -0.3 is 15.0 Å². The van der Waals surface area contributed by atoms with Crippen LogP contribution in [0, 0.1) is 5.92 Å². The summed E-state index contributed by atoms with van der Waals surface area (Å²) in [4.78, 5) is 2.31. The maximum atomic E-state index is 5.76. The summed E-state index contributed by atoms with van der Waals surface area (Å²) < 4.78 is 5.76. The number of likely N-dealkylation sites (N-methyl/N-ethyl adjacent to an activating group) is 1. The minimum atomic E-state index is 0.385. The third kappa shape index (κ3) is 5.33. The maximum Gasteiger partial charge on any atom is 0.0641 e. The van der Waals surface area contributed by atoms with Gasteiger partial charge in [0.2, 0.25) is 0 Å². The number of anilines is 1. The lowest BCUT2D eigenvalue weighted by Gasteiger charge is -2.25.